The standard InChI is InChI=1S/C6H9IO3/c7-6-1-2-9-5(6)4(8)3-10-6/h4-5,8H,1-3H2/t4-,5?,6?/m1/s1. The lowest BCUT2D eigenvalue weighted by atomic mass is 10.1. The molecule has 0 amide bonds. The molecule has 2 rings (SSSR count). The van der Waals surface area contributed by atoms with E-state index in [-0.39, 0.29) is 9.71 Å². The smallest absolute Gasteiger partial charge is 0.149 e. The minimum absolute atomic E-state index is 0.0897. The van der Waals surface area contributed by atoms with Crippen molar-refractivity contribution < 1.29 is 14.6 Å². The van der Waals surface area contributed by atoms with Crippen molar-refractivity contribution in [1.29, 1.82) is 0 Å². The Hall–Kier alpha value is 0.610. The summed E-state index contributed by atoms with van der Waals surface area (Å²) in [7, 11) is 0. The second-order valence-electron chi connectivity index (χ2n) is 2.71. The van der Waals surface area contributed by atoms with Crippen LogP contribution >= 0.6 is 22.6 Å². The largest absolute Gasteiger partial charge is 0.388 e. The molecule has 0 bridgehead atoms. The van der Waals surface area contributed by atoms with Crippen LogP contribution < -0.4 is 0 Å². The van der Waals surface area contributed by atoms with Crippen molar-refractivity contribution in [3.8, 4) is 0 Å². The van der Waals surface area contributed by atoms with Gasteiger partial charge in [-0.25, -0.2) is 0 Å². The van der Waals surface area contributed by atoms with Crippen molar-refractivity contribution >= 4 is 22.6 Å². The maximum Gasteiger partial charge on any atom is 0.149 e. The molecule has 0 aromatic rings. The van der Waals surface area contributed by atoms with Crippen LogP contribution in [0.1, 0.15) is 6.42 Å². The van der Waals surface area contributed by atoms with Crippen molar-refractivity contribution in [2.75, 3.05) is 13.2 Å². The van der Waals surface area contributed by atoms with Crippen LogP contribution in [0.5, 0.6) is 0 Å². The zero-order chi connectivity index (χ0) is 7.19. The molecule has 2 unspecified atom stereocenters. The van der Waals surface area contributed by atoms with E-state index in [1.165, 1.54) is 0 Å². The Labute approximate surface area is 72.8 Å². The number of aliphatic hydroxyl groups excluding tert-OH is 1. The first-order chi connectivity index (χ1) is 4.72. The minimum atomic E-state index is -0.417. The Bertz CT molecular complexity index is 152. The van der Waals surface area contributed by atoms with Gasteiger partial charge in [0, 0.05) is 6.42 Å². The predicted molar refractivity (Wildman–Crippen MR) is 43.1 cm³/mol. The summed E-state index contributed by atoms with van der Waals surface area (Å²) in [6.07, 6.45) is 0.391. The van der Waals surface area contributed by atoms with Crippen LogP contribution in [0.3, 0.4) is 0 Å². The monoisotopic (exact) mass is 256 g/mol. The molecule has 4 heteroatoms. The first-order valence-corrected chi connectivity index (χ1v) is 4.43. The maximum absolute atomic E-state index is 9.31. The number of halogens is 1. The Kier molecular flexibility index (Phi) is 1.67. The average molecular weight is 256 g/mol. The highest BCUT2D eigenvalue weighted by atomic mass is 127. The van der Waals surface area contributed by atoms with Crippen molar-refractivity contribution in [2.45, 2.75) is 22.2 Å². The van der Waals surface area contributed by atoms with Gasteiger partial charge in [-0.1, -0.05) is 0 Å². The topological polar surface area (TPSA) is 38.7 Å². The summed E-state index contributed by atoms with van der Waals surface area (Å²) in [6.45, 7) is 1.14. The summed E-state index contributed by atoms with van der Waals surface area (Å²) in [6, 6.07) is 0. The van der Waals surface area contributed by atoms with Crippen LogP contribution in [-0.4, -0.2) is 34.1 Å². The van der Waals surface area contributed by atoms with Crippen LogP contribution in [0.4, 0.5) is 0 Å². The van der Waals surface area contributed by atoms with Gasteiger partial charge in [-0.3, -0.25) is 0 Å². The highest BCUT2D eigenvalue weighted by molar-refractivity contribution is 14.1. The summed E-state index contributed by atoms with van der Waals surface area (Å²) in [5.74, 6) is 0. The number of hydrogen-bond donors (Lipinski definition) is 1. The molecule has 0 aliphatic carbocycles. The van der Waals surface area contributed by atoms with E-state index in [9.17, 15) is 5.11 Å². The third kappa shape index (κ3) is 0.895. The van der Waals surface area contributed by atoms with E-state index in [0.29, 0.717) is 13.2 Å². The Morgan fingerprint density at radius 2 is 2.40 bits per heavy atom. The molecule has 58 valence electrons. The van der Waals surface area contributed by atoms with Gasteiger partial charge >= 0.3 is 0 Å². The quantitative estimate of drug-likeness (QED) is 0.500. The minimum Gasteiger partial charge on any atom is -0.388 e. The van der Waals surface area contributed by atoms with E-state index in [1.54, 1.807) is 0 Å². The molecule has 3 atom stereocenters. The second kappa shape index (κ2) is 2.30. The Balaban J connectivity index is 2.19. The average Bonchev–Trinajstić information content (AvgIpc) is 2.35. The van der Waals surface area contributed by atoms with Crippen LogP contribution in [0, 0.1) is 0 Å². The molecular formula is C6H9IO3. The van der Waals surface area contributed by atoms with E-state index in [1.807, 2.05) is 0 Å². The van der Waals surface area contributed by atoms with Crippen molar-refractivity contribution in [2.24, 2.45) is 0 Å². The third-order valence-corrected chi connectivity index (χ3v) is 3.47. The van der Waals surface area contributed by atoms with Gasteiger partial charge in [-0.15, -0.1) is 0 Å². The maximum atomic E-state index is 9.31. The molecule has 2 aliphatic heterocycles. The summed E-state index contributed by atoms with van der Waals surface area (Å²) < 4.78 is 10.5. The molecule has 0 aromatic heterocycles. The lowest BCUT2D eigenvalue weighted by molar-refractivity contribution is 0.0169. The highest BCUT2D eigenvalue weighted by Gasteiger charge is 2.52. The zero-order valence-corrected chi connectivity index (χ0v) is 7.58. The van der Waals surface area contributed by atoms with Gasteiger partial charge in [-0.2, -0.15) is 0 Å². The summed E-state index contributed by atoms with van der Waals surface area (Å²) in [5.41, 5.74) is 0. The van der Waals surface area contributed by atoms with E-state index >= 15 is 0 Å². The summed E-state index contributed by atoms with van der Waals surface area (Å²) >= 11 is 2.23. The Morgan fingerprint density at radius 1 is 1.60 bits per heavy atom. The number of ether oxygens (including phenoxy) is 2. The first kappa shape index (κ1) is 7.27. The predicted octanol–water partition coefficient (Wildman–Crippen LogP) is 0.298. The Morgan fingerprint density at radius 3 is 3.10 bits per heavy atom. The lowest BCUT2D eigenvalue weighted by Crippen LogP contribution is -2.33. The fraction of sp³-hybridized carbons (Fsp3) is 1.00. The molecule has 10 heavy (non-hydrogen) atoms. The number of rotatable bonds is 0. The van der Waals surface area contributed by atoms with Gasteiger partial charge < -0.3 is 14.6 Å². The molecule has 0 spiro atoms. The second-order valence-corrected chi connectivity index (χ2v) is 4.53. The molecule has 2 aliphatic rings. The number of hydrogen-bond acceptors (Lipinski definition) is 3. The van der Waals surface area contributed by atoms with E-state index in [4.69, 9.17) is 9.47 Å². The molecule has 0 aromatic carbocycles. The molecular weight excluding hydrogens is 247 g/mol. The molecule has 1 N–H and O–H groups in total. The van der Waals surface area contributed by atoms with Crippen LogP contribution in [0.15, 0.2) is 0 Å². The first-order valence-electron chi connectivity index (χ1n) is 3.35. The van der Waals surface area contributed by atoms with Crippen molar-refractivity contribution in [1.82, 2.24) is 0 Å². The van der Waals surface area contributed by atoms with Crippen molar-refractivity contribution in [3.05, 3.63) is 0 Å². The number of fused-ring (bicyclic) bond motifs is 1. The normalized spacial score (nSPS) is 53.4. The number of aliphatic hydroxyl groups is 1. The number of alkyl halides is 1. The fourth-order valence-electron chi connectivity index (χ4n) is 1.46. The van der Waals surface area contributed by atoms with Crippen LogP contribution in [0.25, 0.3) is 0 Å². The summed E-state index contributed by atoms with van der Waals surface area (Å²) in [5, 5.41) is 9.31. The zero-order valence-electron chi connectivity index (χ0n) is 5.42. The van der Waals surface area contributed by atoms with Crippen LogP contribution in [-0.2, 0) is 9.47 Å². The van der Waals surface area contributed by atoms with Crippen LogP contribution in [0.2, 0.25) is 0 Å². The van der Waals surface area contributed by atoms with Gasteiger partial charge in [0.25, 0.3) is 0 Å². The summed E-state index contributed by atoms with van der Waals surface area (Å²) in [4.78, 5) is 0. The van der Waals surface area contributed by atoms with Gasteiger partial charge in [0.05, 0.1) is 13.2 Å². The van der Waals surface area contributed by atoms with E-state index in [2.05, 4.69) is 22.6 Å². The third-order valence-electron chi connectivity index (χ3n) is 2.01. The van der Waals surface area contributed by atoms with E-state index < -0.39 is 6.10 Å². The SMILES string of the molecule is O[C@@H]1COC2(I)CCOC12. The fourth-order valence-corrected chi connectivity index (χ4v) is 2.45. The lowest BCUT2D eigenvalue weighted by Gasteiger charge is -2.18. The van der Waals surface area contributed by atoms with Gasteiger partial charge in [0.1, 0.15) is 15.8 Å². The molecule has 0 saturated carbocycles. The van der Waals surface area contributed by atoms with Crippen molar-refractivity contribution in [3.63, 3.8) is 0 Å². The molecule has 3 nitrogen and oxygen atoms in total. The van der Waals surface area contributed by atoms with Gasteiger partial charge in [0.2, 0.25) is 0 Å². The molecule has 2 fully saturated rings. The van der Waals surface area contributed by atoms with E-state index in [0.717, 1.165) is 6.42 Å². The highest BCUT2D eigenvalue weighted by Crippen LogP contribution is 2.42. The van der Waals surface area contributed by atoms with Gasteiger partial charge in [0.15, 0.2) is 0 Å². The van der Waals surface area contributed by atoms with Gasteiger partial charge in [-0.05, 0) is 22.6 Å². The molecule has 2 heterocycles. The molecule has 2 saturated heterocycles. The molecule has 0 radical (unpaired) electrons.